The number of anilines is 1. The van der Waals surface area contributed by atoms with Gasteiger partial charge in [0.15, 0.2) is 11.5 Å². The number of hydrogen-bond donors (Lipinski definition) is 1. The first kappa shape index (κ1) is 13.7. The van der Waals surface area contributed by atoms with E-state index in [0.717, 1.165) is 6.07 Å². The summed E-state index contributed by atoms with van der Waals surface area (Å²) in [5, 5.41) is 1.49. The molecule has 1 N–H and O–H groups in total. The first-order chi connectivity index (χ1) is 8.82. The number of benzene rings is 1. The van der Waals surface area contributed by atoms with Crippen LogP contribution in [0.1, 0.15) is 0 Å². The number of alkyl halides is 4. The molecule has 104 valence electrons. The molecule has 4 nitrogen and oxygen atoms in total. The van der Waals surface area contributed by atoms with Gasteiger partial charge in [-0.15, -0.1) is 0 Å². The molecule has 1 amide bonds. The molecule has 0 spiro atoms. The van der Waals surface area contributed by atoms with Crippen molar-refractivity contribution in [3.63, 3.8) is 0 Å². The van der Waals surface area contributed by atoms with Gasteiger partial charge in [0.05, 0.1) is 10.7 Å². The lowest BCUT2D eigenvalue weighted by molar-refractivity contribution is -0.163. The number of carbonyl (C=O) groups is 1. The first-order valence-corrected chi connectivity index (χ1v) is 5.26. The third-order valence-corrected chi connectivity index (χ3v) is 2.60. The summed E-state index contributed by atoms with van der Waals surface area (Å²) in [6.45, 7) is -0.0870. The van der Waals surface area contributed by atoms with Crippen LogP contribution < -0.4 is 14.8 Å². The van der Waals surface area contributed by atoms with E-state index in [-0.39, 0.29) is 29.0 Å². The van der Waals surface area contributed by atoms with E-state index < -0.39 is 18.3 Å². The molecule has 0 fully saturated rings. The van der Waals surface area contributed by atoms with Crippen molar-refractivity contribution in [2.75, 3.05) is 12.1 Å². The molecule has 0 radical (unpaired) electrons. The number of nitrogens with one attached hydrogen (secondary N) is 1. The van der Waals surface area contributed by atoms with Gasteiger partial charge in [-0.3, -0.25) is 4.79 Å². The van der Waals surface area contributed by atoms with E-state index in [1.165, 1.54) is 6.07 Å². The molecule has 0 unspecified atom stereocenters. The second kappa shape index (κ2) is 4.76. The van der Waals surface area contributed by atoms with E-state index in [0.29, 0.717) is 0 Å². The number of hydrogen-bond acceptors (Lipinski definition) is 3. The van der Waals surface area contributed by atoms with Crippen LogP contribution in [0.15, 0.2) is 12.1 Å². The molecule has 1 aliphatic heterocycles. The van der Waals surface area contributed by atoms with Crippen LogP contribution in [-0.2, 0) is 4.79 Å². The van der Waals surface area contributed by atoms with E-state index in [4.69, 9.17) is 21.1 Å². The second-order valence-corrected chi connectivity index (χ2v) is 3.97. The summed E-state index contributed by atoms with van der Waals surface area (Å²) < 4.78 is 59.4. The number of halogens is 5. The molecule has 1 aromatic carbocycles. The van der Waals surface area contributed by atoms with E-state index in [2.05, 4.69) is 0 Å². The Bertz CT molecular complexity index is 524. The molecule has 9 heteroatoms. The van der Waals surface area contributed by atoms with Gasteiger partial charge in [-0.25, -0.2) is 8.78 Å². The van der Waals surface area contributed by atoms with E-state index in [1.807, 2.05) is 0 Å². The van der Waals surface area contributed by atoms with Crippen molar-refractivity contribution < 1.29 is 31.8 Å². The van der Waals surface area contributed by atoms with Crippen LogP contribution in [0.3, 0.4) is 0 Å². The minimum absolute atomic E-state index is 0.0870. The van der Waals surface area contributed by atoms with Crippen molar-refractivity contribution in [2.24, 2.45) is 0 Å². The van der Waals surface area contributed by atoms with E-state index in [1.54, 1.807) is 5.32 Å². The molecule has 2 rings (SSSR count). The average Bonchev–Trinajstić information content (AvgIpc) is 2.76. The highest BCUT2D eigenvalue weighted by atomic mass is 35.5. The number of ether oxygens (including phenoxy) is 2. The summed E-state index contributed by atoms with van der Waals surface area (Å²) in [7, 11) is 0. The Hall–Kier alpha value is -1.70. The molecule has 1 aliphatic rings. The molecule has 0 aliphatic carbocycles. The van der Waals surface area contributed by atoms with E-state index in [9.17, 15) is 22.4 Å². The SMILES string of the molecule is O=C(Nc1cc2c(cc1Cl)OCO2)C(F)(F)C(F)F. The lowest BCUT2D eigenvalue weighted by Gasteiger charge is -2.15. The summed E-state index contributed by atoms with van der Waals surface area (Å²) >= 11 is 5.70. The molecular formula is C10H6ClF4NO3. The number of carbonyl (C=O) groups excluding carboxylic acids is 1. The molecule has 1 heterocycles. The third-order valence-electron chi connectivity index (χ3n) is 2.29. The van der Waals surface area contributed by atoms with Crippen LogP contribution in [0.25, 0.3) is 0 Å². The normalized spacial score (nSPS) is 13.8. The van der Waals surface area contributed by atoms with Crippen molar-refractivity contribution in [3.8, 4) is 11.5 Å². The quantitative estimate of drug-likeness (QED) is 0.873. The smallest absolute Gasteiger partial charge is 0.383 e. The molecule has 0 saturated carbocycles. The molecule has 1 aromatic rings. The van der Waals surface area contributed by atoms with Crippen LogP contribution in [0.5, 0.6) is 11.5 Å². The Balaban J connectivity index is 2.23. The standard InChI is InChI=1S/C10H6ClF4NO3/c11-4-1-6-7(19-3-18-6)2-5(4)16-9(17)10(14,15)8(12)13/h1-2,8H,3H2,(H,16,17). The summed E-state index contributed by atoms with van der Waals surface area (Å²) in [5.74, 6) is -6.52. The van der Waals surface area contributed by atoms with Gasteiger partial charge in [-0.1, -0.05) is 11.6 Å². The summed E-state index contributed by atoms with van der Waals surface area (Å²) in [6, 6.07) is 2.34. The Kier molecular flexibility index (Phi) is 3.44. The zero-order valence-corrected chi connectivity index (χ0v) is 9.81. The van der Waals surface area contributed by atoms with Gasteiger partial charge >= 0.3 is 18.3 Å². The molecule has 0 aromatic heterocycles. The fourth-order valence-corrected chi connectivity index (χ4v) is 1.52. The Morgan fingerprint density at radius 1 is 1.32 bits per heavy atom. The molecular weight excluding hydrogens is 294 g/mol. The first-order valence-electron chi connectivity index (χ1n) is 4.89. The lowest BCUT2D eigenvalue weighted by atomic mass is 10.2. The minimum atomic E-state index is -4.81. The largest absolute Gasteiger partial charge is 0.454 e. The predicted octanol–water partition coefficient (Wildman–Crippen LogP) is 2.91. The maximum absolute atomic E-state index is 12.8. The van der Waals surface area contributed by atoms with Gasteiger partial charge in [-0.05, 0) is 0 Å². The fourth-order valence-electron chi connectivity index (χ4n) is 1.32. The molecule has 0 bridgehead atoms. The Morgan fingerprint density at radius 3 is 2.47 bits per heavy atom. The Morgan fingerprint density at radius 2 is 1.89 bits per heavy atom. The van der Waals surface area contributed by atoms with Gasteiger partial charge in [0.1, 0.15) is 0 Å². The van der Waals surface area contributed by atoms with Crippen molar-refractivity contribution in [1.29, 1.82) is 0 Å². The molecule has 19 heavy (non-hydrogen) atoms. The summed E-state index contributed by atoms with van der Waals surface area (Å²) in [4.78, 5) is 11.1. The van der Waals surface area contributed by atoms with Crippen LogP contribution in [-0.4, -0.2) is 25.0 Å². The number of fused-ring (bicyclic) bond motifs is 1. The molecule has 0 saturated heterocycles. The van der Waals surface area contributed by atoms with Gasteiger partial charge in [0.25, 0.3) is 0 Å². The van der Waals surface area contributed by atoms with Crippen LogP contribution in [0.4, 0.5) is 23.2 Å². The predicted molar refractivity (Wildman–Crippen MR) is 57.2 cm³/mol. The average molecular weight is 300 g/mol. The Labute approximate surface area is 109 Å². The van der Waals surface area contributed by atoms with Crippen molar-refractivity contribution in [2.45, 2.75) is 12.3 Å². The van der Waals surface area contributed by atoms with Gasteiger partial charge in [-0.2, -0.15) is 8.78 Å². The van der Waals surface area contributed by atoms with Crippen LogP contribution >= 0.6 is 11.6 Å². The highest BCUT2D eigenvalue weighted by Gasteiger charge is 2.49. The topological polar surface area (TPSA) is 47.6 Å². The summed E-state index contributed by atoms with van der Waals surface area (Å²) in [6.07, 6.45) is -4.11. The van der Waals surface area contributed by atoms with Crippen molar-refractivity contribution >= 4 is 23.2 Å². The maximum Gasteiger partial charge on any atom is 0.383 e. The lowest BCUT2D eigenvalue weighted by Crippen LogP contribution is -2.41. The number of amides is 1. The van der Waals surface area contributed by atoms with Gasteiger partial charge in [0.2, 0.25) is 6.79 Å². The fraction of sp³-hybridized carbons (Fsp3) is 0.300. The van der Waals surface area contributed by atoms with E-state index >= 15 is 0 Å². The van der Waals surface area contributed by atoms with Crippen molar-refractivity contribution in [3.05, 3.63) is 17.2 Å². The van der Waals surface area contributed by atoms with Crippen LogP contribution in [0.2, 0.25) is 5.02 Å². The monoisotopic (exact) mass is 299 g/mol. The van der Waals surface area contributed by atoms with Gasteiger partial charge < -0.3 is 14.8 Å². The minimum Gasteiger partial charge on any atom is -0.454 e. The van der Waals surface area contributed by atoms with Gasteiger partial charge in [0, 0.05) is 12.1 Å². The highest BCUT2D eigenvalue weighted by molar-refractivity contribution is 6.34. The second-order valence-electron chi connectivity index (χ2n) is 3.56. The molecule has 0 atom stereocenters. The number of rotatable bonds is 3. The summed E-state index contributed by atoms with van der Waals surface area (Å²) in [5.41, 5.74) is -0.267. The maximum atomic E-state index is 12.8. The zero-order chi connectivity index (χ0) is 14.2. The van der Waals surface area contributed by atoms with Crippen molar-refractivity contribution in [1.82, 2.24) is 0 Å². The van der Waals surface area contributed by atoms with Crippen LogP contribution in [0, 0.1) is 0 Å². The third kappa shape index (κ3) is 2.53. The zero-order valence-electron chi connectivity index (χ0n) is 9.05. The highest BCUT2D eigenvalue weighted by Crippen LogP contribution is 2.39.